The Morgan fingerprint density at radius 3 is 3.00 bits per heavy atom. The van der Waals surface area contributed by atoms with Crippen LogP contribution in [0.2, 0.25) is 0 Å². The first kappa shape index (κ1) is 10.6. The molecule has 0 atom stereocenters. The van der Waals surface area contributed by atoms with Gasteiger partial charge in [0, 0.05) is 5.69 Å². The number of unbranched alkanes of at least 4 members (excludes halogenated alkanes) is 1. The van der Waals surface area contributed by atoms with Crippen LogP contribution in [-0.2, 0) is 6.42 Å². The van der Waals surface area contributed by atoms with Crippen molar-refractivity contribution >= 4 is 21.4 Å². The van der Waals surface area contributed by atoms with Crippen molar-refractivity contribution in [3.05, 3.63) is 28.3 Å². The Labute approximate surface area is 97.6 Å². The van der Waals surface area contributed by atoms with E-state index in [2.05, 4.69) is 39.0 Å². The van der Waals surface area contributed by atoms with E-state index in [0.29, 0.717) is 0 Å². The minimum absolute atomic E-state index is 1.00. The largest absolute Gasteiger partial charge is 0.241 e. The molecule has 0 radical (unpaired) electrons. The lowest BCUT2D eigenvalue weighted by molar-refractivity contribution is 0.767. The van der Waals surface area contributed by atoms with Gasteiger partial charge in [0.25, 0.3) is 0 Å². The van der Waals surface area contributed by atoms with Crippen molar-refractivity contribution in [2.75, 3.05) is 0 Å². The summed E-state index contributed by atoms with van der Waals surface area (Å²) in [4.78, 5) is 4.38. The average molecular weight is 268 g/mol. The molecule has 0 amide bonds. The summed E-state index contributed by atoms with van der Waals surface area (Å²) in [5, 5.41) is 4.34. The maximum absolute atomic E-state index is 4.38. The summed E-state index contributed by atoms with van der Waals surface area (Å²) in [6.07, 6.45) is 5.22. The summed E-state index contributed by atoms with van der Waals surface area (Å²) < 4.78 is 2.89. The topological polar surface area (TPSA) is 30.2 Å². The molecule has 3 nitrogen and oxygen atoms in total. The maximum Gasteiger partial charge on any atom is 0.117 e. The van der Waals surface area contributed by atoms with Crippen molar-refractivity contribution in [1.29, 1.82) is 0 Å². The molecule has 2 aromatic rings. The predicted octanol–water partition coefficient (Wildman–Crippen LogP) is 3.14. The number of hydrogen-bond donors (Lipinski definition) is 0. The number of fused-ring (bicyclic) bond motifs is 1. The van der Waals surface area contributed by atoms with E-state index in [1.165, 1.54) is 12.8 Å². The molecule has 0 aliphatic heterocycles. The van der Waals surface area contributed by atoms with E-state index in [4.69, 9.17) is 0 Å². The molecule has 0 saturated heterocycles. The monoisotopic (exact) mass is 267 g/mol. The molecule has 0 unspecified atom stereocenters. The number of rotatable bonds is 3. The highest BCUT2D eigenvalue weighted by molar-refractivity contribution is 9.10. The van der Waals surface area contributed by atoms with Crippen molar-refractivity contribution in [3.63, 3.8) is 0 Å². The smallest absolute Gasteiger partial charge is 0.117 e. The molecule has 2 aromatic heterocycles. The molecular formula is C11H14BrN3. The quantitative estimate of drug-likeness (QED) is 0.856. The molecule has 0 aromatic carbocycles. The summed E-state index contributed by atoms with van der Waals surface area (Å²) in [5.41, 5.74) is 3.25. The van der Waals surface area contributed by atoms with Crippen LogP contribution in [0.4, 0.5) is 0 Å². The minimum atomic E-state index is 1.00. The summed E-state index contributed by atoms with van der Waals surface area (Å²) in [5.74, 6) is 0. The van der Waals surface area contributed by atoms with Gasteiger partial charge in [0.15, 0.2) is 0 Å². The van der Waals surface area contributed by atoms with E-state index in [-0.39, 0.29) is 0 Å². The Bertz CT molecular complexity index is 476. The fourth-order valence-corrected chi connectivity index (χ4v) is 1.96. The van der Waals surface area contributed by atoms with E-state index in [1.54, 1.807) is 6.33 Å². The second kappa shape index (κ2) is 4.31. The Morgan fingerprint density at radius 2 is 2.27 bits per heavy atom. The van der Waals surface area contributed by atoms with E-state index < -0.39 is 0 Å². The molecule has 4 heteroatoms. The highest BCUT2D eigenvalue weighted by atomic mass is 79.9. The van der Waals surface area contributed by atoms with Gasteiger partial charge in [-0.3, -0.25) is 0 Å². The molecule has 0 fully saturated rings. The molecule has 15 heavy (non-hydrogen) atoms. The zero-order valence-corrected chi connectivity index (χ0v) is 10.6. The first-order valence-electron chi connectivity index (χ1n) is 5.21. The van der Waals surface area contributed by atoms with Gasteiger partial charge in [-0.2, -0.15) is 5.10 Å². The van der Waals surface area contributed by atoms with Crippen LogP contribution < -0.4 is 0 Å². The first-order valence-corrected chi connectivity index (χ1v) is 6.01. The van der Waals surface area contributed by atoms with Gasteiger partial charge >= 0.3 is 0 Å². The number of hydrogen-bond acceptors (Lipinski definition) is 2. The molecular weight excluding hydrogens is 254 g/mol. The van der Waals surface area contributed by atoms with Gasteiger partial charge in [-0.15, -0.1) is 0 Å². The van der Waals surface area contributed by atoms with E-state index in [1.807, 2.05) is 11.4 Å². The van der Waals surface area contributed by atoms with E-state index in [0.717, 1.165) is 27.8 Å². The van der Waals surface area contributed by atoms with Gasteiger partial charge in [0.05, 0.1) is 15.7 Å². The molecule has 2 heterocycles. The van der Waals surface area contributed by atoms with Crippen LogP contribution in [-0.4, -0.2) is 14.6 Å². The second-order valence-corrected chi connectivity index (χ2v) is 4.51. The third-order valence-corrected chi connectivity index (χ3v) is 3.45. The lowest BCUT2D eigenvalue weighted by Gasteiger charge is -1.99. The summed E-state index contributed by atoms with van der Waals surface area (Å²) >= 11 is 3.54. The second-order valence-electron chi connectivity index (χ2n) is 3.71. The maximum atomic E-state index is 4.38. The van der Waals surface area contributed by atoms with Crippen LogP contribution in [0.5, 0.6) is 0 Å². The highest BCUT2D eigenvalue weighted by Gasteiger charge is 2.07. The third kappa shape index (κ3) is 2.04. The van der Waals surface area contributed by atoms with Crippen LogP contribution in [0.25, 0.3) is 5.52 Å². The molecule has 0 saturated carbocycles. The number of aromatic nitrogens is 3. The lowest BCUT2D eigenvalue weighted by atomic mass is 10.2. The molecule has 0 aliphatic carbocycles. The first-order chi connectivity index (χ1) is 7.22. The Kier molecular flexibility index (Phi) is 3.05. The Balaban J connectivity index is 2.41. The molecule has 2 rings (SSSR count). The van der Waals surface area contributed by atoms with Gasteiger partial charge in [-0.05, 0) is 41.8 Å². The van der Waals surface area contributed by atoms with Crippen molar-refractivity contribution in [2.24, 2.45) is 0 Å². The van der Waals surface area contributed by atoms with Crippen molar-refractivity contribution in [3.8, 4) is 0 Å². The van der Waals surface area contributed by atoms with Gasteiger partial charge in [-0.1, -0.05) is 13.3 Å². The standard InChI is InChI=1S/C11H14BrN3/c1-3-4-5-9-6-10-11(12)8(2)14-15(10)7-13-9/h6-7H,3-5H2,1-2H3. The van der Waals surface area contributed by atoms with E-state index >= 15 is 0 Å². The normalized spacial score (nSPS) is 11.1. The average Bonchev–Trinajstić information content (AvgIpc) is 2.52. The van der Waals surface area contributed by atoms with Gasteiger partial charge in [-0.25, -0.2) is 9.50 Å². The molecule has 0 aliphatic rings. The van der Waals surface area contributed by atoms with Crippen LogP contribution in [0, 0.1) is 6.92 Å². The lowest BCUT2D eigenvalue weighted by Crippen LogP contribution is -1.95. The number of aryl methyl sites for hydroxylation is 2. The Hall–Kier alpha value is -0.900. The van der Waals surface area contributed by atoms with Crippen molar-refractivity contribution in [2.45, 2.75) is 33.1 Å². The summed E-state index contributed by atoms with van der Waals surface area (Å²) in [6.45, 7) is 4.18. The number of halogens is 1. The number of nitrogens with zero attached hydrogens (tertiary/aromatic N) is 3. The molecule has 80 valence electrons. The van der Waals surface area contributed by atoms with Crippen LogP contribution in [0.3, 0.4) is 0 Å². The zero-order chi connectivity index (χ0) is 10.8. The van der Waals surface area contributed by atoms with Gasteiger partial charge in [0.1, 0.15) is 6.33 Å². The van der Waals surface area contributed by atoms with Crippen LogP contribution in [0.1, 0.15) is 31.2 Å². The fourth-order valence-electron chi connectivity index (χ4n) is 1.58. The van der Waals surface area contributed by atoms with Gasteiger partial charge in [0.2, 0.25) is 0 Å². The van der Waals surface area contributed by atoms with Crippen LogP contribution in [0.15, 0.2) is 16.9 Å². The molecule has 0 N–H and O–H groups in total. The summed E-state index contributed by atoms with van der Waals surface area (Å²) in [6, 6.07) is 2.11. The SMILES string of the molecule is CCCCc1cc2c(Br)c(C)nn2cn1. The fraction of sp³-hybridized carbons (Fsp3) is 0.455. The molecule has 0 spiro atoms. The van der Waals surface area contributed by atoms with Crippen LogP contribution >= 0.6 is 15.9 Å². The third-order valence-electron chi connectivity index (χ3n) is 2.47. The minimum Gasteiger partial charge on any atom is -0.241 e. The highest BCUT2D eigenvalue weighted by Crippen LogP contribution is 2.22. The summed E-state index contributed by atoms with van der Waals surface area (Å²) in [7, 11) is 0. The van der Waals surface area contributed by atoms with Crippen molar-refractivity contribution in [1.82, 2.24) is 14.6 Å². The zero-order valence-electron chi connectivity index (χ0n) is 9.00. The molecule has 0 bridgehead atoms. The predicted molar refractivity (Wildman–Crippen MR) is 64.0 cm³/mol. The van der Waals surface area contributed by atoms with E-state index in [9.17, 15) is 0 Å². The van der Waals surface area contributed by atoms with Gasteiger partial charge < -0.3 is 0 Å². The van der Waals surface area contributed by atoms with Crippen molar-refractivity contribution < 1.29 is 0 Å². The Morgan fingerprint density at radius 1 is 1.47 bits per heavy atom.